The molecule has 2 heterocycles. The molecule has 0 saturated heterocycles. The number of nitrogens with zero attached hydrogens (tertiary/aromatic N) is 3. The average Bonchev–Trinajstić information content (AvgIpc) is 2.80. The van der Waals surface area contributed by atoms with Crippen molar-refractivity contribution in [3.63, 3.8) is 0 Å². The van der Waals surface area contributed by atoms with E-state index in [1.807, 2.05) is 17.0 Å². The summed E-state index contributed by atoms with van der Waals surface area (Å²) in [6, 6.07) is 0. The molecule has 0 radical (unpaired) electrons. The number of aryl methyl sites for hydroxylation is 1. The third-order valence-corrected chi connectivity index (χ3v) is 7.97. The number of aromatic nitrogens is 3. The van der Waals surface area contributed by atoms with E-state index < -0.39 is 21.1 Å². The van der Waals surface area contributed by atoms with Crippen molar-refractivity contribution in [2.24, 2.45) is 0 Å². The van der Waals surface area contributed by atoms with Crippen LogP contribution in [0.5, 0.6) is 0 Å². The molecule has 0 amide bonds. The van der Waals surface area contributed by atoms with Crippen molar-refractivity contribution in [2.45, 2.75) is 26.8 Å². The largest absolute Gasteiger partial charge is 1.00 e. The summed E-state index contributed by atoms with van der Waals surface area (Å²) in [5.41, 5.74) is 9.38. The first-order chi connectivity index (χ1) is 12.0. The Morgan fingerprint density at radius 3 is 2.46 bits per heavy atom. The number of thiazole rings is 1. The van der Waals surface area contributed by atoms with Gasteiger partial charge in [0.1, 0.15) is 19.2 Å². The Hall–Kier alpha value is 0.810. The van der Waals surface area contributed by atoms with Gasteiger partial charge in [-0.2, -0.15) is 4.57 Å². The Balaban J connectivity index is 0.00000364. The van der Waals surface area contributed by atoms with Crippen molar-refractivity contribution in [3.05, 3.63) is 33.7 Å². The molecular formula is C13H18N4Na2O6P2S. The van der Waals surface area contributed by atoms with Crippen LogP contribution >= 0.6 is 26.5 Å². The van der Waals surface area contributed by atoms with Gasteiger partial charge in [-0.3, -0.25) is 0 Å². The summed E-state index contributed by atoms with van der Waals surface area (Å²) in [7, 11) is -9.88. The maximum absolute atomic E-state index is 11.4. The van der Waals surface area contributed by atoms with E-state index in [1.165, 1.54) is 11.3 Å². The summed E-state index contributed by atoms with van der Waals surface area (Å²) >= 11 is 1.40. The Morgan fingerprint density at radius 1 is 1.25 bits per heavy atom. The zero-order valence-electron chi connectivity index (χ0n) is 16.2. The normalized spacial score (nSPS) is 13.3. The second-order valence-corrected chi connectivity index (χ2v) is 10.4. The van der Waals surface area contributed by atoms with Crippen molar-refractivity contribution in [3.8, 4) is 0 Å². The van der Waals surface area contributed by atoms with Gasteiger partial charge in [0.2, 0.25) is 5.51 Å². The standard InChI is InChI=1S/C13H20N4O6P2S.2Na/c1-9-12(3-4-23-25(21,22)8-24(18,19)20)26-7-17(9)6-11-5-15-10(2)16-13(11)14;;/h5,7H,3-4,6,8H2,1-2H3,(H4-,14,15,16,18,19,20,21,22);;/q;2*+1/p-2. The number of hydrogen-bond acceptors (Lipinski definition) is 10. The third kappa shape index (κ3) is 9.31. The van der Waals surface area contributed by atoms with Gasteiger partial charge in [-0.25, -0.2) is 9.97 Å². The van der Waals surface area contributed by atoms with Gasteiger partial charge in [-0.15, -0.1) is 0 Å². The van der Waals surface area contributed by atoms with Gasteiger partial charge in [-0.1, -0.05) is 18.9 Å². The Kier molecular flexibility index (Phi) is 12.3. The van der Waals surface area contributed by atoms with Crippen molar-refractivity contribution in [1.29, 1.82) is 0 Å². The van der Waals surface area contributed by atoms with Crippen LogP contribution in [0.1, 0.15) is 22.0 Å². The van der Waals surface area contributed by atoms with E-state index in [1.54, 1.807) is 13.1 Å². The predicted molar refractivity (Wildman–Crippen MR) is 89.3 cm³/mol. The summed E-state index contributed by atoms with van der Waals surface area (Å²) < 4.78 is 28.5. The first kappa shape index (κ1) is 28.8. The van der Waals surface area contributed by atoms with E-state index in [0.29, 0.717) is 18.2 Å². The molecule has 0 aromatic carbocycles. The number of nitrogen functional groups attached to an aromatic ring is 1. The van der Waals surface area contributed by atoms with Crippen molar-refractivity contribution < 1.29 is 92.0 Å². The minimum absolute atomic E-state index is 0. The first-order valence-corrected chi connectivity index (χ1v) is 11.8. The SMILES string of the molecule is Cc1ncc(C[n+]2csc(CCOP(=O)([O-])CP(=O)([O-])[O-])c2C)c(N)n1.[Na+].[Na+]. The molecule has 28 heavy (non-hydrogen) atoms. The molecule has 2 aromatic rings. The molecule has 2 rings (SSSR count). The van der Waals surface area contributed by atoms with Gasteiger partial charge in [0, 0.05) is 25.4 Å². The summed E-state index contributed by atoms with van der Waals surface area (Å²) in [5.74, 6) is -0.540. The summed E-state index contributed by atoms with van der Waals surface area (Å²) in [4.78, 5) is 41.6. The maximum atomic E-state index is 11.4. The van der Waals surface area contributed by atoms with Crippen LogP contribution in [0.3, 0.4) is 0 Å². The zero-order chi connectivity index (χ0) is 19.5. The quantitative estimate of drug-likeness (QED) is 0.226. The van der Waals surface area contributed by atoms with Crippen LogP contribution in [0, 0.1) is 13.8 Å². The molecule has 0 aliphatic carbocycles. The number of hydrogen-bond donors (Lipinski definition) is 1. The van der Waals surface area contributed by atoms with E-state index in [9.17, 15) is 23.8 Å². The fourth-order valence-corrected chi connectivity index (χ4v) is 5.56. The van der Waals surface area contributed by atoms with E-state index >= 15 is 0 Å². The van der Waals surface area contributed by atoms with E-state index in [0.717, 1.165) is 16.1 Å². The van der Waals surface area contributed by atoms with Gasteiger partial charge in [0.05, 0.1) is 17.0 Å². The molecule has 15 heteroatoms. The fourth-order valence-electron chi connectivity index (χ4n) is 2.20. The van der Waals surface area contributed by atoms with E-state index in [2.05, 4.69) is 14.5 Å². The predicted octanol–water partition coefficient (Wildman–Crippen LogP) is -6.94. The Labute approximate surface area is 211 Å². The topological polar surface area (TPSA) is 168 Å². The zero-order valence-corrected chi connectivity index (χ0v) is 22.8. The van der Waals surface area contributed by atoms with Crippen molar-refractivity contribution in [1.82, 2.24) is 9.97 Å². The van der Waals surface area contributed by atoms with Crippen LogP contribution in [0.15, 0.2) is 11.7 Å². The summed E-state index contributed by atoms with van der Waals surface area (Å²) in [5, 5.41) is 0. The maximum Gasteiger partial charge on any atom is 1.00 e. The van der Waals surface area contributed by atoms with Gasteiger partial charge < -0.3 is 34.1 Å². The number of nitrogens with two attached hydrogens (primary N) is 1. The van der Waals surface area contributed by atoms with Crippen LogP contribution < -0.4 is 84.1 Å². The molecule has 0 bridgehead atoms. The molecule has 0 aliphatic heterocycles. The Morgan fingerprint density at radius 2 is 1.89 bits per heavy atom. The van der Waals surface area contributed by atoms with E-state index in [4.69, 9.17) is 5.73 Å². The van der Waals surface area contributed by atoms with Gasteiger partial charge in [0.15, 0.2) is 12.2 Å². The smallest absolute Gasteiger partial charge is 0.810 e. The minimum atomic E-state index is -5.18. The number of rotatable bonds is 8. The van der Waals surface area contributed by atoms with Crippen LogP contribution in [-0.2, 0) is 26.6 Å². The second-order valence-electron chi connectivity index (χ2n) is 5.63. The van der Waals surface area contributed by atoms with Gasteiger partial charge >= 0.3 is 59.1 Å². The van der Waals surface area contributed by atoms with Gasteiger partial charge in [0.25, 0.3) is 0 Å². The molecule has 1 unspecified atom stereocenters. The first-order valence-electron chi connectivity index (χ1n) is 7.47. The van der Waals surface area contributed by atoms with Crippen LogP contribution in [0.2, 0.25) is 0 Å². The van der Waals surface area contributed by atoms with Crippen molar-refractivity contribution in [2.75, 3.05) is 18.2 Å². The molecule has 0 spiro atoms. The summed E-state index contributed by atoms with van der Waals surface area (Å²) in [6.45, 7) is 3.83. The van der Waals surface area contributed by atoms with Crippen molar-refractivity contribution >= 4 is 32.3 Å². The minimum Gasteiger partial charge on any atom is -0.810 e. The van der Waals surface area contributed by atoms with Crippen LogP contribution in [0.25, 0.3) is 0 Å². The molecule has 1 atom stereocenters. The molecule has 0 aliphatic rings. The average molecular weight is 466 g/mol. The molecule has 0 fully saturated rings. The molecular weight excluding hydrogens is 448 g/mol. The van der Waals surface area contributed by atoms with E-state index in [-0.39, 0.29) is 72.1 Å². The monoisotopic (exact) mass is 466 g/mol. The molecule has 10 nitrogen and oxygen atoms in total. The molecule has 2 aromatic heterocycles. The Bertz CT molecular complexity index is 894. The second kappa shape index (κ2) is 12.0. The number of anilines is 1. The van der Waals surface area contributed by atoms with Crippen LogP contribution in [-0.4, -0.2) is 22.5 Å². The molecule has 2 N–H and O–H groups in total. The van der Waals surface area contributed by atoms with Gasteiger partial charge in [-0.05, 0) is 6.92 Å². The fraction of sp³-hybridized carbons (Fsp3) is 0.462. The molecule has 144 valence electrons. The third-order valence-electron chi connectivity index (χ3n) is 3.48. The molecule has 0 saturated carbocycles. The summed E-state index contributed by atoms with van der Waals surface area (Å²) in [6.07, 6.45) is 1.92. The van der Waals surface area contributed by atoms with Crippen LogP contribution in [0.4, 0.5) is 5.82 Å².